The van der Waals surface area contributed by atoms with E-state index < -0.39 is 35.4 Å². The van der Waals surface area contributed by atoms with E-state index in [1.807, 2.05) is 30.3 Å². The molecule has 2 aromatic rings. The zero-order chi connectivity index (χ0) is 22.1. The van der Waals surface area contributed by atoms with Crippen LogP contribution >= 0.6 is 0 Å². The Morgan fingerprint density at radius 3 is 2.30 bits per heavy atom. The van der Waals surface area contributed by atoms with Crippen molar-refractivity contribution in [2.24, 2.45) is 11.3 Å². The van der Waals surface area contributed by atoms with Crippen LogP contribution in [0.5, 0.6) is 0 Å². The van der Waals surface area contributed by atoms with Crippen LogP contribution in [0.3, 0.4) is 0 Å². The summed E-state index contributed by atoms with van der Waals surface area (Å²) >= 11 is 0. The molecule has 0 bridgehead atoms. The molecule has 3 N–H and O–H groups in total. The van der Waals surface area contributed by atoms with Gasteiger partial charge in [0.2, 0.25) is 0 Å². The molecule has 1 unspecified atom stereocenters. The number of carbonyl (C=O) groups excluding carboxylic acids is 1. The van der Waals surface area contributed by atoms with E-state index in [-0.39, 0.29) is 6.61 Å². The third kappa shape index (κ3) is 4.30. The number of carbonyl (C=O) groups is 3. The molecule has 1 aliphatic rings. The standard InChI is InChI=1S/C23H25NO6/c1-23(2,3)18(20(25)26)19(21(27)28)24-22(29)30-12-14-8-6-10-16-15-9-5-4-7-13(15)11-17(14)16/h4-10,18-19H,11-12H2,1-3H3,(H,24,29)(H,25,26)(H,27,28)/t18?,19-/m0/s1. The first-order valence-corrected chi connectivity index (χ1v) is 9.67. The molecule has 1 amide bonds. The average molecular weight is 411 g/mol. The van der Waals surface area contributed by atoms with Crippen LogP contribution in [-0.2, 0) is 27.4 Å². The van der Waals surface area contributed by atoms with Gasteiger partial charge in [-0.1, -0.05) is 63.2 Å². The normalized spacial score (nSPS) is 14.2. The van der Waals surface area contributed by atoms with Gasteiger partial charge in [-0.25, -0.2) is 9.59 Å². The summed E-state index contributed by atoms with van der Waals surface area (Å²) in [5.41, 5.74) is 4.46. The van der Waals surface area contributed by atoms with Gasteiger partial charge in [-0.05, 0) is 39.7 Å². The predicted octanol–water partition coefficient (Wildman–Crippen LogP) is 3.68. The number of nitrogens with one attached hydrogen (secondary N) is 1. The first-order chi connectivity index (χ1) is 14.1. The van der Waals surface area contributed by atoms with Crippen molar-refractivity contribution in [3.63, 3.8) is 0 Å². The maximum Gasteiger partial charge on any atom is 0.408 e. The zero-order valence-electron chi connectivity index (χ0n) is 17.1. The molecule has 0 aromatic heterocycles. The van der Waals surface area contributed by atoms with E-state index in [1.54, 1.807) is 20.8 Å². The minimum atomic E-state index is -1.61. The minimum Gasteiger partial charge on any atom is -0.481 e. The number of rotatable bonds is 6. The van der Waals surface area contributed by atoms with E-state index in [0.717, 1.165) is 28.7 Å². The number of benzene rings is 2. The van der Waals surface area contributed by atoms with E-state index in [4.69, 9.17) is 4.74 Å². The van der Waals surface area contributed by atoms with Crippen LogP contribution in [0.15, 0.2) is 42.5 Å². The Hall–Kier alpha value is -3.35. The van der Waals surface area contributed by atoms with E-state index >= 15 is 0 Å². The monoisotopic (exact) mass is 411 g/mol. The van der Waals surface area contributed by atoms with Gasteiger partial charge in [0.15, 0.2) is 0 Å². The number of carboxylic acids is 2. The molecule has 7 heteroatoms. The van der Waals surface area contributed by atoms with Gasteiger partial charge < -0.3 is 20.3 Å². The van der Waals surface area contributed by atoms with Gasteiger partial charge in [0.25, 0.3) is 0 Å². The van der Waals surface area contributed by atoms with Crippen LogP contribution in [0.1, 0.15) is 37.5 Å². The summed E-state index contributed by atoms with van der Waals surface area (Å²) in [5, 5.41) is 21.2. The number of fused-ring (bicyclic) bond motifs is 3. The van der Waals surface area contributed by atoms with Crippen LogP contribution in [0.25, 0.3) is 11.1 Å². The maximum atomic E-state index is 12.3. The lowest BCUT2D eigenvalue weighted by Gasteiger charge is -2.31. The lowest BCUT2D eigenvalue weighted by molar-refractivity contribution is -0.155. The highest BCUT2D eigenvalue weighted by atomic mass is 16.5. The quantitative estimate of drug-likeness (QED) is 0.570. The van der Waals surface area contributed by atoms with Crippen LogP contribution < -0.4 is 5.32 Å². The Bertz CT molecular complexity index is 991. The van der Waals surface area contributed by atoms with Gasteiger partial charge >= 0.3 is 18.0 Å². The highest BCUT2D eigenvalue weighted by Crippen LogP contribution is 2.38. The molecule has 7 nitrogen and oxygen atoms in total. The molecule has 1 aliphatic carbocycles. The number of amides is 1. The Kier molecular flexibility index (Phi) is 5.82. The van der Waals surface area contributed by atoms with Crippen LogP contribution in [0, 0.1) is 11.3 Å². The topological polar surface area (TPSA) is 113 Å². The summed E-state index contributed by atoms with van der Waals surface area (Å²) in [6.45, 7) is 4.79. The van der Waals surface area contributed by atoms with Crippen molar-refractivity contribution >= 4 is 18.0 Å². The number of alkyl carbamates (subject to hydrolysis) is 1. The molecular formula is C23H25NO6. The Morgan fingerprint density at radius 2 is 1.67 bits per heavy atom. The fourth-order valence-corrected chi connectivity index (χ4v) is 3.97. The Morgan fingerprint density at radius 1 is 1.00 bits per heavy atom. The summed E-state index contributed by atoms with van der Waals surface area (Å²) in [6, 6.07) is 12.2. The lowest BCUT2D eigenvalue weighted by atomic mass is 9.76. The van der Waals surface area contributed by atoms with Crippen molar-refractivity contribution in [1.82, 2.24) is 5.32 Å². The second-order valence-electron chi connectivity index (χ2n) is 8.50. The molecule has 30 heavy (non-hydrogen) atoms. The Labute approximate surface area is 174 Å². The minimum absolute atomic E-state index is 0.0391. The molecule has 3 rings (SSSR count). The second kappa shape index (κ2) is 8.18. The largest absolute Gasteiger partial charge is 0.481 e. The summed E-state index contributed by atoms with van der Waals surface area (Å²) in [5.74, 6) is -4.04. The first-order valence-electron chi connectivity index (χ1n) is 9.67. The van der Waals surface area contributed by atoms with Crippen molar-refractivity contribution in [3.05, 3.63) is 59.2 Å². The van der Waals surface area contributed by atoms with E-state index in [0.29, 0.717) is 0 Å². The molecule has 0 aliphatic heterocycles. The SMILES string of the molecule is CC(C)(C)C(C(=O)O)[C@H](NC(=O)OCc1cccc2c1Cc1ccccc1-2)C(=O)O. The fraction of sp³-hybridized carbons (Fsp3) is 0.348. The van der Waals surface area contributed by atoms with Crippen LogP contribution in [0.4, 0.5) is 4.79 Å². The maximum absolute atomic E-state index is 12.3. The molecule has 0 radical (unpaired) electrons. The summed E-state index contributed by atoms with van der Waals surface area (Å²) in [6.07, 6.45) is -0.235. The Balaban J connectivity index is 1.72. The molecule has 2 atom stereocenters. The van der Waals surface area contributed by atoms with Crippen molar-refractivity contribution in [3.8, 4) is 11.1 Å². The van der Waals surface area contributed by atoms with Gasteiger partial charge in [0.05, 0.1) is 5.92 Å². The molecule has 0 heterocycles. The summed E-state index contributed by atoms with van der Waals surface area (Å²) < 4.78 is 5.27. The van der Waals surface area contributed by atoms with Crippen LogP contribution in [0.2, 0.25) is 0 Å². The van der Waals surface area contributed by atoms with Gasteiger partial charge in [0, 0.05) is 0 Å². The highest BCUT2D eigenvalue weighted by molar-refractivity contribution is 5.86. The van der Waals surface area contributed by atoms with E-state index in [9.17, 15) is 24.6 Å². The molecule has 0 spiro atoms. The van der Waals surface area contributed by atoms with Gasteiger partial charge in [-0.3, -0.25) is 4.79 Å². The lowest BCUT2D eigenvalue weighted by Crippen LogP contribution is -2.52. The van der Waals surface area contributed by atoms with Crippen molar-refractivity contribution in [2.75, 3.05) is 0 Å². The molecular weight excluding hydrogens is 386 g/mol. The second-order valence-corrected chi connectivity index (χ2v) is 8.50. The van der Waals surface area contributed by atoms with Crippen molar-refractivity contribution < 1.29 is 29.3 Å². The van der Waals surface area contributed by atoms with Gasteiger partial charge in [-0.2, -0.15) is 0 Å². The smallest absolute Gasteiger partial charge is 0.408 e. The first kappa shape index (κ1) is 21.4. The number of hydrogen-bond acceptors (Lipinski definition) is 4. The predicted molar refractivity (Wildman–Crippen MR) is 110 cm³/mol. The highest BCUT2D eigenvalue weighted by Gasteiger charge is 2.43. The third-order valence-corrected chi connectivity index (χ3v) is 5.38. The summed E-state index contributed by atoms with van der Waals surface area (Å²) in [4.78, 5) is 35.6. The van der Waals surface area contributed by atoms with E-state index in [1.165, 1.54) is 5.56 Å². The van der Waals surface area contributed by atoms with E-state index in [2.05, 4.69) is 17.4 Å². The fourth-order valence-electron chi connectivity index (χ4n) is 3.97. The number of hydrogen-bond donors (Lipinski definition) is 3. The zero-order valence-corrected chi connectivity index (χ0v) is 17.1. The van der Waals surface area contributed by atoms with Crippen LogP contribution in [-0.4, -0.2) is 34.3 Å². The molecule has 2 aromatic carbocycles. The van der Waals surface area contributed by atoms with Gasteiger partial charge in [-0.15, -0.1) is 0 Å². The van der Waals surface area contributed by atoms with Crippen molar-refractivity contribution in [2.45, 2.75) is 39.8 Å². The molecule has 0 fully saturated rings. The summed E-state index contributed by atoms with van der Waals surface area (Å²) in [7, 11) is 0. The average Bonchev–Trinajstić information content (AvgIpc) is 3.03. The third-order valence-electron chi connectivity index (χ3n) is 5.38. The molecule has 0 saturated heterocycles. The molecule has 0 saturated carbocycles. The number of ether oxygens (including phenoxy) is 1. The van der Waals surface area contributed by atoms with Gasteiger partial charge in [0.1, 0.15) is 12.6 Å². The molecule has 158 valence electrons. The number of aliphatic carboxylic acids is 2. The van der Waals surface area contributed by atoms with Crippen molar-refractivity contribution in [1.29, 1.82) is 0 Å². The number of carboxylic acid groups (broad SMARTS) is 2.